The number of anilines is 1. The molecule has 0 atom stereocenters. The van der Waals surface area contributed by atoms with Crippen molar-refractivity contribution >= 4 is 11.6 Å². The van der Waals surface area contributed by atoms with Crippen molar-refractivity contribution in [3.8, 4) is 12.3 Å². The molecule has 0 aliphatic heterocycles. The Bertz CT molecular complexity index is 602. The van der Waals surface area contributed by atoms with Crippen molar-refractivity contribution in [3.05, 3.63) is 66.2 Å². The number of terminal acetylenes is 1. The van der Waals surface area contributed by atoms with Gasteiger partial charge in [-0.25, -0.2) is 0 Å². The molecule has 0 bridgehead atoms. The Morgan fingerprint density at radius 1 is 1.05 bits per heavy atom. The highest BCUT2D eigenvalue weighted by atomic mass is 16.2. The number of benzene rings is 2. The summed E-state index contributed by atoms with van der Waals surface area (Å²) in [5.74, 6) is 2.47. The van der Waals surface area contributed by atoms with Crippen LogP contribution in [0.2, 0.25) is 0 Å². The highest BCUT2D eigenvalue weighted by molar-refractivity contribution is 5.94. The van der Waals surface area contributed by atoms with Gasteiger partial charge < -0.3 is 4.90 Å². The Hall–Kier alpha value is -2.57. The van der Waals surface area contributed by atoms with E-state index >= 15 is 0 Å². The molecule has 0 aliphatic rings. The monoisotopic (exact) mass is 278 g/mol. The van der Waals surface area contributed by atoms with Crippen LogP contribution in [0.1, 0.15) is 5.56 Å². The molecule has 0 saturated heterocycles. The normalized spacial score (nSPS) is 9.86. The standard InChI is InChI=1S/C18H18N2O/c1-2-13-19-14-18(21)20(17-11-7-4-8-12-17)15-16-9-5-3-6-10-16/h1,3-12,19H,13-15H2. The second kappa shape index (κ2) is 7.88. The van der Waals surface area contributed by atoms with Crippen LogP contribution >= 0.6 is 0 Å². The molecule has 0 spiro atoms. The van der Waals surface area contributed by atoms with Crippen LogP contribution in [0, 0.1) is 12.3 Å². The van der Waals surface area contributed by atoms with Crippen molar-refractivity contribution < 1.29 is 4.79 Å². The average Bonchev–Trinajstić information content (AvgIpc) is 2.54. The lowest BCUT2D eigenvalue weighted by Crippen LogP contribution is -2.38. The minimum atomic E-state index is 0.000281. The summed E-state index contributed by atoms with van der Waals surface area (Å²) in [5, 5.41) is 2.94. The summed E-state index contributed by atoms with van der Waals surface area (Å²) in [6.07, 6.45) is 5.19. The van der Waals surface area contributed by atoms with Crippen molar-refractivity contribution in [2.45, 2.75) is 6.54 Å². The topological polar surface area (TPSA) is 32.3 Å². The predicted molar refractivity (Wildman–Crippen MR) is 85.8 cm³/mol. The third-order valence-corrected chi connectivity index (χ3v) is 3.06. The number of nitrogens with zero attached hydrogens (tertiary/aromatic N) is 1. The van der Waals surface area contributed by atoms with Crippen molar-refractivity contribution in [1.29, 1.82) is 0 Å². The first-order valence-corrected chi connectivity index (χ1v) is 6.85. The number of rotatable bonds is 6. The predicted octanol–water partition coefficient (Wildman–Crippen LogP) is 2.44. The molecule has 2 aromatic carbocycles. The lowest BCUT2D eigenvalue weighted by atomic mass is 10.2. The Balaban J connectivity index is 2.15. The molecule has 0 unspecified atom stereocenters. The number of para-hydroxylation sites is 1. The van der Waals surface area contributed by atoms with Gasteiger partial charge in [0.2, 0.25) is 5.91 Å². The highest BCUT2D eigenvalue weighted by Crippen LogP contribution is 2.16. The van der Waals surface area contributed by atoms with Crippen LogP contribution in [0.15, 0.2) is 60.7 Å². The van der Waals surface area contributed by atoms with E-state index in [9.17, 15) is 4.79 Å². The van der Waals surface area contributed by atoms with Gasteiger partial charge in [-0.05, 0) is 17.7 Å². The number of carbonyl (C=O) groups is 1. The van der Waals surface area contributed by atoms with Crippen LogP contribution in [0.5, 0.6) is 0 Å². The molecule has 0 aromatic heterocycles. The van der Waals surface area contributed by atoms with Crippen LogP contribution in [-0.2, 0) is 11.3 Å². The summed E-state index contributed by atoms with van der Waals surface area (Å²) in [5.41, 5.74) is 1.97. The van der Waals surface area contributed by atoms with E-state index in [1.165, 1.54) is 0 Å². The zero-order valence-corrected chi connectivity index (χ0v) is 11.8. The summed E-state index contributed by atoms with van der Waals surface area (Å²) >= 11 is 0. The molecule has 0 radical (unpaired) electrons. The van der Waals surface area contributed by atoms with Crippen molar-refractivity contribution in [3.63, 3.8) is 0 Å². The van der Waals surface area contributed by atoms with Crippen LogP contribution in [0.4, 0.5) is 5.69 Å². The van der Waals surface area contributed by atoms with Gasteiger partial charge in [0, 0.05) is 5.69 Å². The van der Waals surface area contributed by atoms with Crippen LogP contribution in [0.25, 0.3) is 0 Å². The number of carbonyl (C=O) groups excluding carboxylic acids is 1. The largest absolute Gasteiger partial charge is 0.307 e. The molecule has 2 rings (SSSR count). The number of amides is 1. The molecule has 0 saturated carbocycles. The van der Waals surface area contributed by atoms with Gasteiger partial charge in [-0.3, -0.25) is 10.1 Å². The summed E-state index contributed by atoms with van der Waals surface area (Å²) in [6.45, 7) is 1.16. The van der Waals surface area contributed by atoms with Gasteiger partial charge >= 0.3 is 0 Å². The van der Waals surface area contributed by atoms with Crippen molar-refractivity contribution in [1.82, 2.24) is 5.32 Å². The SMILES string of the molecule is C#CCNCC(=O)N(Cc1ccccc1)c1ccccc1. The quantitative estimate of drug-likeness (QED) is 0.650. The number of nitrogens with one attached hydrogen (secondary N) is 1. The minimum absolute atomic E-state index is 0.000281. The molecule has 21 heavy (non-hydrogen) atoms. The first kappa shape index (κ1) is 14.8. The van der Waals surface area contributed by atoms with E-state index in [0.717, 1.165) is 11.3 Å². The van der Waals surface area contributed by atoms with Gasteiger partial charge in [0.05, 0.1) is 19.6 Å². The molecule has 3 heteroatoms. The Morgan fingerprint density at radius 2 is 1.67 bits per heavy atom. The fourth-order valence-electron chi connectivity index (χ4n) is 2.03. The molecule has 106 valence electrons. The third-order valence-electron chi connectivity index (χ3n) is 3.06. The maximum absolute atomic E-state index is 12.4. The lowest BCUT2D eigenvalue weighted by Gasteiger charge is -2.23. The van der Waals surface area contributed by atoms with Gasteiger partial charge in [0.15, 0.2) is 0 Å². The van der Waals surface area contributed by atoms with E-state index in [2.05, 4.69) is 11.2 Å². The molecule has 3 nitrogen and oxygen atoms in total. The maximum atomic E-state index is 12.4. The van der Waals surface area contributed by atoms with Gasteiger partial charge in [-0.1, -0.05) is 54.5 Å². The van der Waals surface area contributed by atoms with E-state index in [1.54, 1.807) is 4.90 Å². The van der Waals surface area contributed by atoms with Crippen LogP contribution in [-0.4, -0.2) is 19.0 Å². The Morgan fingerprint density at radius 3 is 2.29 bits per heavy atom. The van der Waals surface area contributed by atoms with Gasteiger partial charge in [-0.15, -0.1) is 6.42 Å². The zero-order chi connectivity index (χ0) is 14.9. The second-order valence-electron chi connectivity index (χ2n) is 4.61. The fraction of sp³-hybridized carbons (Fsp3) is 0.167. The minimum Gasteiger partial charge on any atom is -0.307 e. The fourth-order valence-corrected chi connectivity index (χ4v) is 2.03. The number of hydrogen-bond donors (Lipinski definition) is 1. The molecule has 2 aromatic rings. The molecule has 0 heterocycles. The summed E-state index contributed by atoms with van der Waals surface area (Å²) in [4.78, 5) is 14.2. The molecule has 1 N–H and O–H groups in total. The molecule has 0 aliphatic carbocycles. The molecular formula is C18H18N2O. The summed E-state index contributed by atoms with van der Waals surface area (Å²) in [7, 11) is 0. The van der Waals surface area contributed by atoms with Crippen LogP contribution in [0.3, 0.4) is 0 Å². The first-order valence-electron chi connectivity index (χ1n) is 6.85. The van der Waals surface area contributed by atoms with Gasteiger partial charge in [0.1, 0.15) is 0 Å². The average molecular weight is 278 g/mol. The first-order chi connectivity index (χ1) is 10.3. The van der Waals surface area contributed by atoms with Crippen LogP contribution < -0.4 is 10.2 Å². The smallest absolute Gasteiger partial charge is 0.241 e. The zero-order valence-electron chi connectivity index (χ0n) is 11.8. The number of hydrogen-bond acceptors (Lipinski definition) is 2. The van der Waals surface area contributed by atoms with E-state index < -0.39 is 0 Å². The van der Waals surface area contributed by atoms with Crippen molar-refractivity contribution in [2.75, 3.05) is 18.0 Å². The van der Waals surface area contributed by atoms with Gasteiger partial charge in [0.25, 0.3) is 0 Å². The lowest BCUT2D eigenvalue weighted by molar-refractivity contribution is -0.117. The Labute approximate surface area is 125 Å². The van der Waals surface area contributed by atoms with E-state index in [-0.39, 0.29) is 12.5 Å². The third kappa shape index (κ3) is 4.48. The summed E-state index contributed by atoms with van der Waals surface area (Å²) < 4.78 is 0. The van der Waals surface area contributed by atoms with Gasteiger partial charge in [-0.2, -0.15) is 0 Å². The van der Waals surface area contributed by atoms with Crippen molar-refractivity contribution in [2.24, 2.45) is 0 Å². The molecule has 1 amide bonds. The highest BCUT2D eigenvalue weighted by Gasteiger charge is 2.15. The van der Waals surface area contributed by atoms with E-state index in [1.807, 2.05) is 60.7 Å². The molecule has 0 fully saturated rings. The van der Waals surface area contributed by atoms with E-state index in [0.29, 0.717) is 13.1 Å². The Kier molecular flexibility index (Phi) is 5.57. The maximum Gasteiger partial charge on any atom is 0.241 e. The van der Waals surface area contributed by atoms with E-state index in [4.69, 9.17) is 6.42 Å². The second-order valence-corrected chi connectivity index (χ2v) is 4.61. The molecular weight excluding hydrogens is 260 g/mol. The summed E-state index contributed by atoms with van der Waals surface area (Å²) in [6, 6.07) is 19.6.